The molecule has 8 rings (SSSR count). The largest absolute Gasteiger partial charge is 0.492 e. The van der Waals surface area contributed by atoms with Crippen LogP contribution in [0.4, 0.5) is 10.1 Å². The number of Topliss-reactive ketones (excluding diaryl/α,β-unsaturated/α-hetero) is 1. The monoisotopic (exact) mass is 733 g/mol. The van der Waals surface area contributed by atoms with E-state index in [0.717, 1.165) is 31.3 Å². The number of fused-ring (bicyclic) bond motifs is 6. The first-order chi connectivity index (χ1) is 25.2. The van der Waals surface area contributed by atoms with E-state index in [1.165, 1.54) is 19.4 Å². The second-order valence-corrected chi connectivity index (χ2v) is 17.2. The number of carbonyl (C=O) groups excluding carboxylic acids is 3. The summed E-state index contributed by atoms with van der Waals surface area (Å²) >= 11 is 0. The number of nitrogens with one attached hydrogen (secondary N) is 1. The number of nitrogens with zero attached hydrogens (tertiary/aromatic N) is 2. The van der Waals surface area contributed by atoms with Crippen LogP contribution in [0.1, 0.15) is 101 Å². The summed E-state index contributed by atoms with van der Waals surface area (Å²) in [7, 11) is 1.46. The van der Waals surface area contributed by atoms with Crippen LogP contribution < -0.4 is 20.4 Å². The van der Waals surface area contributed by atoms with Crippen LogP contribution in [0.3, 0.4) is 0 Å². The second-order valence-electron chi connectivity index (χ2n) is 17.2. The molecule has 1 saturated heterocycles. The molecule has 286 valence electrons. The average molecular weight is 734 g/mol. The summed E-state index contributed by atoms with van der Waals surface area (Å²) < 4.78 is 29.1. The van der Waals surface area contributed by atoms with Crippen LogP contribution in [-0.4, -0.2) is 83.4 Å². The normalized spacial score (nSPS) is 35.3. The Morgan fingerprint density at radius 2 is 1.89 bits per heavy atom. The number of allylic oxidation sites excluding steroid dienone is 1. The molecule has 12 heteroatoms. The molecule has 53 heavy (non-hydrogen) atoms. The van der Waals surface area contributed by atoms with E-state index in [2.05, 4.69) is 12.2 Å². The molecule has 8 atom stereocenters. The lowest BCUT2D eigenvalue weighted by molar-refractivity contribution is -0.181. The van der Waals surface area contributed by atoms with E-state index in [-0.39, 0.29) is 83.6 Å². The molecule has 4 unspecified atom stereocenters. The fraction of sp³-hybridized carbons (Fsp3) is 0.659. The minimum absolute atomic E-state index is 0.00565. The topological polar surface area (TPSA) is 147 Å². The number of rotatable bonds is 8. The van der Waals surface area contributed by atoms with Gasteiger partial charge in [0.25, 0.3) is 0 Å². The van der Waals surface area contributed by atoms with Gasteiger partial charge >= 0.3 is 5.97 Å². The van der Waals surface area contributed by atoms with Gasteiger partial charge in [-0.15, -0.1) is 0 Å². The van der Waals surface area contributed by atoms with Gasteiger partial charge in [-0.2, -0.15) is 0 Å². The number of aliphatic hydroxyl groups is 2. The summed E-state index contributed by atoms with van der Waals surface area (Å²) in [6, 6.07) is 1.33. The van der Waals surface area contributed by atoms with E-state index in [4.69, 9.17) is 9.47 Å². The number of carbonyl (C=O) groups is 3. The molecule has 3 N–H and O–H groups in total. The molecular weight excluding hydrogens is 681 g/mol. The average Bonchev–Trinajstić information content (AvgIpc) is 3.92. The summed E-state index contributed by atoms with van der Waals surface area (Å²) in [5, 5.41) is 27.2. The van der Waals surface area contributed by atoms with Crippen LogP contribution in [0.25, 0.3) is 10.9 Å². The van der Waals surface area contributed by atoms with E-state index in [0.29, 0.717) is 50.1 Å². The molecule has 2 aromatic rings. The number of ketones is 2. The number of pyridine rings is 1. The van der Waals surface area contributed by atoms with Crippen LogP contribution in [0.5, 0.6) is 5.75 Å². The lowest BCUT2D eigenvalue weighted by atomic mass is 9.45. The minimum atomic E-state index is -1.70. The van der Waals surface area contributed by atoms with Gasteiger partial charge in [0.1, 0.15) is 16.9 Å². The number of hydrogen-bond donors (Lipinski definition) is 3. The number of halogens is 1. The zero-order valence-electron chi connectivity index (χ0n) is 31.2. The lowest BCUT2D eigenvalue weighted by Crippen LogP contribution is -2.61. The highest BCUT2D eigenvalue weighted by atomic mass is 19.1. The second kappa shape index (κ2) is 13.0. The molecule has 0 bridgehead atoms. The molecule has 1 aromatic carbocycles. The number of anilines is 1. The predicted octanol–water partition coefficient (Wildman–Crippen LogP) is 4.63. The smallest absolute Gasteiger partial charge is 0.343 e. The van der Waals surface area contributed by atoms with Crippen molar-refractivity contribution in [1.82, 2.24) is 9.88 Å². The fourth-order valence-electron chi connectivity index (χ4n) is 11.5. The number of esters is 1. The minimum Gasteiger partial charge on any atom is -0.492 e. The Bertz CT molecular complexity index is 1970. The number of benzene rings is 1. The highest BCUT2D eigenvalue weighted by Crippen LogP contribution is 2.67. The Labute approximate surface area is 308 Å². The molecule has 2 heterocycles. The van der Waals surface area contributed by atoms with Gasteiger partial charge in [-0.1, -0.05) is 19.4 Å². The molecule has 11 nitrogen and oxygen atoms in total. The quantitative estimate of drug-likeness (QED) is 0.328. The van der Waals surface area contributed by atoms with Gasteiger partial charge in [0, 0.05) is 56.2 Å². The number of piperazine rings is 1. The Hall–Kier alpha value is -3.61. The molecule has 6 aliphatic rings. The first-order valence-electron chi connectivity index (χ1n) is 19.5. The van der Waals surface area contributed by atoms with Crippen molar-refractivity contribution in [2.45, 2.75) is 109 Å². The van der Waals surface area contributed by atoms with E-state index < -0.39 is 40.1 Å². The third-order valence-electron chi connectivity index (χ3n) is 14.3. The Morgan fingerprint density at radius 3 is 2.60 bits per heavy atom. The number of methoxy groups -OCH3 is 1. The maximum Gasteiger partial charge on any atom is 0.343 e. The first kappa shape index (κ1) is 36.4. The molecule has 4 saturated carbocycles. The maximum absolute atomic E-state index is 15.9. The van der Waals surface area contributed by atoms with E-state index in [1.54, 1.807) is 6.08 Å². The van der Waals surface area contributed by atoms with Crippen LogP contribution >= 0.6 is 0 Å². The first-order valence-corrected chi connectivity index (χ1v) is 19.5. The Morgan fingerprint density at radius 1 is 1.11 bits per heavy atom. The van der Waals surface area contributed by atoms with Gasteiger partial charge in [-0.3, -0.25) is 14.4 Å². The molecular formula is C41H52FN3O8. The Balaban J connectivity index is 1.01. The van der Waals surface area contributed by atoms with Crippen LogP contribution in [0.2, 0.25) is 0 Å². The third kappa shape index (κ3) is 5.60. The van der Waals surface area contributed by atoms with Gasteiger partial charge in [0.2, 0.25) is 5.43 Å². The maximum atomic E-state index is 15.9. The summed E-state index contributed by atoms with van der Waals surface area (Å²) in [5.74, 6) is -1.47. The van der Waals surface area contributed by atoms with Crippen LogP contribution in [0.15, 0.2) is 28.7 Å². The third-order valence-corrected chi connectivity index (χ3v) is 14.3. The lowest BCUT2D eigenvalue weighted by Gasteiger charge is -2.60. The van der Waals surface area contributed by atoms with Crippen molar-refractivity contribution in [3.05, 3.63) is 45.5 Å². The highest BCUT2D eigenvalue weighted by molar-refractivity contribution is 5.98. The van der Waals surface area contributed by atoms with Crippen molar-refractivity contribution in [2.24, 2.45) is 28.6 Å². The molecule has 1 aromatic heterocycles. The predicted molar refractivity (Wildman–Crippen MR) is 196 cm³/mol. The zero-order valence-corrected chi connectivity index (χ0v) is 31.2. The van der Waals surface area contributed by atoms with E-state index >= 15 is 4.39 Å². The fourth-order valence-corrected chi connectivity index (χ4v) is 11.5. The van der Waals surface area contributed by atoms with Gasteiger partial charge in [0.15, 0.2) is 23.1 Å². The van der Waals surface area contributed by atoms with Gasteiger partial charge in [0.05, 0.1) is 30.7 Å². The molecule has 0 amide bonds. The molecule has 0 radical (unpaired) electrons. The van der Waals surface area contributed by atoms with Gasteiger partial charge in [-0.25, -0.2) is 9.18 Å². The van der Waals surface area contributed by atoms with Crippen LogP contribution in [0, 0.1) is 34.4 Å². The standard InChI is InChI=1S/C41H52FN3O8/c1-22-20-44(15-14-43-22)35-30(42)18-27-34(37(35)52-4)45(24-6-7-24)21-28(36(27)49)38(50)53-16-11-32(48)41(51)13-10-29-26-8-5-23-17-25(46)9-12-39(23,2)33(26)31(47)19-40(29,41)3/h17-18,21-22,24,26,29,31,33,43,47,51H,5-16,19-20H2,1-4H3/t22?,26?,29?,31-,33?,39-,40-,41-/m0/s1. The van der Waals surface area contributed by atoms with Gasteiger partial charge in [-0.05, 0) is 93.6 Å². The van der Waals surface area contributed by atoms with Gasteiger partial charge < -0.3 is 34.5 Å². The summed E-state index contributed by atoms with van der Waals surface area (Å²) in [4.78, 5) is 55.5. The summed E-state index contributed by atoms with van der Waals surface area (Å²) in [5.41, 5.74) is -1.92. The van der Waals surface area contributed by atoms with Crippen molar-refractivity contribution >= 4 is 34.1 Å². The number of aromatic nitrogens is 1. The number of ether oxygens (including phenoxy) is 2. The van der Waals surface area contributed by atoms with Crippen molar-refractivity contribution in [2.75, 3.05) is 38.3 Å². The summed E-state index contributed by atoms with van der Waals surface area (Å²) in [6.45, 7) is 7.58. The Kier molecular flexibility index (Phi) is 8.93. The molecule has 5 fully saturated rings. The highest BCUT2D eigenvalue weighted by Gasteiger charge is 2.68. The van der Waals surface area contributed by atoms with Crippen molar-refractivity contribution in [3.8, 4) is 5.75 Å². The molecule has 1 aliphatic heterocycles. The molecule has 5 aliphatic carbocycles. The number of hydrogen-bond acceptors (Lipinski definition) is 10. The van der Waals surface area contributed by atoms with Crippen molar-refractivity contribution < 1.29 is 38.5 Å². The van der Waals surface area contributed by atoms with Crippen LogP contribution in [-0.2, 0) is 14.3 Å². The SMILES string of the molecule is COc1c(N2CCNC(C)C2)c(F)cc2c(=O)c(C(=O)OCCC(=O)[C@@]3(O)CCC4C5CCC6=CC(=O)CC[C@]6(C)C5[C@@H](O)C[C@@]43C)cn(C3CC3)c12. The summed E-state index contributed by atoms with van der Waals surface area (Å²) in [6.07, 6.45) is 7.85. The number of aliphatic hydroxyl groups excluding tert-OH is 1. The van der Waals surface area contributed by atoms with Crippen molar-refractivity contribution in [1.29, 1.82) is 0 Å². The molecule has 0 spiro atoms. The zero-order chi connectivity index (χ0) is 37.6. The van der Waals surface area contributed by atoms with Crippen molar-refractivity contribution in [3.63, 3.8) is 0 Å². The van der Waals surface area contributed by atoms with E-state index in [1.807, 2.05) is 23.3 Å². The van der Waals surface area contributed by atoms with E-state index in [9.17, 15) is 29.4 Å².